The molecule has 0 radical (unpaired) electrons. The fraction of sp³-hybridized carbons (Fsp3) is 0.550. The van der Waals surface area contributed by atoms with Crippen molar-refractivity contribution in [3.8, 4) is 0 Å². The van der Waals surface area contributed by atoms with E-state index in [2.05, 4.69) is 9.30 Å². The molecule has 156 valence electrons. The van der Waals surface area contributed by atoms with Gasteiger partial charge in [0.2, 0.25) is 5.95 Å². The van der Waals surface area contributed by atoms with Gasteiger partial charge in [-0.3, -0.25) is 9.36 Å². The number of benzene rings is 1. The van der Waals surface area contributed by atoms with E-state index in [-0.39, 0.29) is 17.0 Å². The molecule has 0 spiro atoms. The predicted octanol–water partition coefficient (Wildman–Crippen LogP) is 2.42. The van der Waals surface area contributed by atoms with Crippen molar-refractivity contribution in [3.05, 3.63) is 33.9 Å². The molecule has 4 rings (SSSR count). The molecule has 1 saturated heterocycles. The average Bonchev–Trinajstić information content (AvgIpc) is 2.67. The summed E-state index contributed by atoms with van der Waals surface area (Å²) in [6.07, 6.45) is 0.785. The van der Waals surface area contributed by atoms with E-state index in [1.807, 2.05) is 20.8 Å². The maximum atomic E-state index is 14.4. The van der Waals surface area contributed by atoms with Crippen molar-refractivity contribution in [2.24, 2.45) is 4.40 Å². The van der Waals surface area contributed by atoms with Gasteiger partial charge in [0.1, 0.15) is 21.9 Å². The highest BCUT2D eigenvalue weighted by Crippen LogP contribution is 2.28. The van der Waals surface area contributed by atoms with Crippen LogP contribution in [0.2, 0.25) is 0 Å². The highest BCUT2D eigenvalue weighted by atomic mass is 32.2. The molecule has 29 heavy (non-hydrogen) atoms. The molecule has 0 saturated carbocycles. The summed E-state index contributed by atoms with van der Waals surface area (Å²) in [7, 11) is 0. The first kappa shape index (κ1) is 20.3. The van der Waals surface area contributed by atoms with Crippen LogP contribution in [0.5, 0.6) is 0 Å². The molecule has 2 aliphatic rings. The average molecular weight is 421 g/mol. The summed E-state index contributed by atoms with van der Waals surface area (Å²) in [4.78, 5) is 20.0. The zero-order valence-corrected chi connectivity index (χ0v) is 17.9. The van der Waals surface area contributed by atoms with E-state index in [9.17, 15) is 13.7 Å². The molecule has 2 aliphatic heterocycles. The SMILES string of the molecule is C/C(=N\[S@+]([O-])C(C)(C)C)c1cc(F)cc2c(=O)n3c(nc12)N1CCOC[C@@H]1CC3. The number of aromatic nitrogens is 2. The summed E-state index contributed by atoms with van der Waals surface area (Å²) in [6.45, 7) is 9.50. The fourth-order valence-corrected chi connectivity index (χ4v) is 4.34. The summed E-state index contributed by atoms with van der Waals surface area (Å²) in [5, 5.41) is 0.214. The van der Waals surface area contributed by atoms with Crippen LogP contribution in [0.15, 0.2) is 21.3 Å². The Hall–Kier alpha value is -1.97. The molecular weight excluding hydrogens is 395 g/mol. The normalized spacial score (nSPS) is 21.1. The van der Waals surface area contributed by atoms with Gasteiger partial charge in [0.15, 0.2) is 0 Å². The first-order valence-corrected chi connectivity index (χ1v) is 10.8. The number of morpholine rings is 1. The number of nitrogens with zero attached hydrogens (tertiary/aromatic N) is 4. The number of rotatable bonds is 2. The Balaban J connectivity index is 1.92. The third-order valence-electron chi connectivity index (χ3n) is 5.31. The van der Waals surface area contributed by atoms with E-state index in [4.69, 9.17) is 9.72 Å². The molecule has 7 nitrogen and oxygen atoms in total. The Morgan fingerprint density at radius 3 is 2.86 bits per heavy atom. The molecule has 2 atom stereocenters. The van der Waals surface area contributed by atoms with Crippen LogP contribution in [0.4, 0.5) is 10.3 Å². The van der Waals surface area contributed by atoms with Crippen molar-refractivity contribution in [2.75, 3.05) is 24.7 Å². The van der Waals surface area contributed by atoms with Gasteiger partial charge in [-0.2, -0.15) is 0 Å². The maximum Gasteiger partial charge on any atom is 0.262 e. The Labute approximate surface area is 171 Å². The van der Waals surface area contributed by atoms with Gasteiger partial charge in [0.05, 0.1) is 35.9 Å². The monoisotopic (exact) mass is 420 g/mol. The second-order valence-corrected chi connectivity index (χ2v) is 10.4. The van der Waals surface area contributed by atoms with Gasteiger partial charge in [-0.05, 0) is 46.2 Å². The Kier molecular flexibility index (Phi) is 5.16. The number of ether oxygens (including phenoxy) is 1. The van der Waals surface area contributed by atoms with Crippen LogP contribution in [-0.2, 0) is 22.6 Å². The van der Waals surface area contributed by atoms with Gasteiger partial charge in [0.25, 0.3) is 5.56 Å². The minimum atomic E-state index is -1.50. The largest absolute Gasteiger partial charge is 0.591 e. The third-order valence-corrected chi connectivity index (χ3v) is 6.79. The van der Waals surface area contributed by atoms with Crippen LogP contribution in [0.3, 0.4) is 0 Å². The lowest BCUT2D eigenvalue weighted by Crippen LogP contribution is -2.52. The molecule has 1 aromatic heterocycles. The van der Waals surface area contributed by atoms with Crippen LogP contribution >= 0.6 is 0 Å². The van der Waals surface area contributed by atoms with E-state index >= 15 is 0 Å². The molecule has 2 aromatic rings. The first-order chi connectivity index (χ1) is 13.7. The summed E-state index contributed by atoms with van der Waals surface area (Å²) in [5.74, 6) is 0.0442. The van der Waals surface area contributed by atoms with Crippen molar-refractivity contribution in [2.45, 2.75) is 51.4 Å². The van der Waals surface area contributed by atoms with Crippen LogP contribution in [0.25, 0.3) is 10.9 Å². The lowest BCUT2D eigenvalue weighted by atomic mass is 10.1. The summed E-state index contributed by atoms with van der Waals surface area (Å²) >= 11 is -1.50. The summed E-state index contributed by atoms with van der Waals surface area (Å²) < 4.78 is 37.8. The molecule has 0 amide bonds. The van der Waals surface area contributed by atoms with Crippen molar-refractivity contribution in [3.63, 3.8) is 0 Å². The van der Waals surface area contributed by atoms with Crippen LogP contribution in [0, 0.1) is 5.82 Å². The van der Waals surface area contributed by atoms with Gasteiger partial charge in [0, 0.05) is 18.7 Å². The molecular formula is C20H25FN4O3S. The second-order valence-electron chi connectivity index (χ2n) is 8.47. The molecule has 0 aliphatic carbocycles. The molecule has 1 aromatic carbocycles. The number of hydrogen-bond donors (Lipinski definition) is 0. The lowest BCUT2D eigenvalue weighted by molar-refractivity contribution is 0.0844. The minimum Gasteiger partial charge on any atom is -0.591 e. The van der Waals surface area contributed by atoms with Crippen molar-refractivity contribution < 1.29 is 13.7 Å². The zero-order valence-electron chi connectivity index (χ0n) is 17.1. The van der Waals surface area contributed by atoms with Crippen molar-refractivity contribution in [1.82, 2.24) is 9.55 Å². The first-order valence-electron chi connectivity index (χ1n) is 9.73. The maximum absolute atomic E-state index is 14.4. The number of fused-ring (bicyclic) bond motifs is 4. The molecule has 3 heterocycles. The van der Waals surface area contributed by atoms with Crippen LogP contribution in [0.1, 0.15) is 39.7 Å². The van der Waals surface area contributed by atoms with Crippen molar-refractivity contribution in [1.29, 1.82) is 0 Å². The standard InChI is InChI=1S/C20H25FN4O3S/c1-12(23-29(27)20(2,3)4)15-9-13(21)10-16-17(15)22-19-24-7-8-28-11-14(24)5-6-25(19)18(16)26/h9-10,14H,5-8,11H2,1-4H3/b23-12+/t14-,29+/m0/s1. The third kappa shape index (κ3) is 3.67. The lowest BCUT2D eigenvalue weighted by Gasteiger charge is -2.41. The van der Waals surface area contributed by atoms with Gasteiger partial charge in [-0.25, -0.2) is 9.37 Å². The quantitative estimate of drug-likeness (QED) is 0.550. The number of hydrogen-bond acceptors (Lipinski definition) is 6. The Bertz CT molecular complexity index is 1050. The minimum absolute atomic E-state index is 0.181. The number of anilines is 1. The topological polar surface area (TPSA) is 82.8 Å². The Morgan fingerprint density at radius 2 is 2.14 bits per heavy atom. The zero-order chi connectivity index (χ0) is 20.9. The van der Waals surface area contributed by atoms with Gasteiger partial charge in [-0.1, -0.05) is 4.40 Å². The predicted molar refractivity (Wildman–Crippen MR) is 113 cm³/mol. The van der Waals surface area contributed by atoms with Gasteiger partial charge < -0.3 is 14.2 Å². The molecule has 0 N–H and O–H groups in total. The van der Waals surface area contributed by atoms with E-state index in [0.29, 0.717) is 49.0 Å². The summed E-state index contributed by atoms with van der Waals surface area (Å²) in [5.41, 5.74) is 0.921. The summed E-state index contributed by atoms with van der Waals surface area (Å²) in [6, 6.07) is 2.71. The van der Waals surface area contributed by atoms with Gasteiger partial charge in [-0.15, -0.1) is 0 Å². The van der Waals surface area contributed by atoms with E-state index in [1.54, 1.807) is 11.5 Å². The molecule has 0 bridgehead atoms. The molecule has 9 heteroatoms. The fourth-order valence-electron chi connectivity index (χ4n) is 3.72. The van der Waals surface area contributed by atoms with Crippen LogP contribution < -0.4 is 10.5 Å². The highest BCUT2D eigenvalue weighted by Gasteiger charge is 2.32. The van der Waals surface area contributed by atoms with E-state index in [0.717, 1.165) is 6.42 Å². The van der Waals surface area contributed by atoms with E-state index in [1.165, 1.54) is 12.1 Å². The highest BCUT2D eigenvalue weighted by molar-refractivity contribution is 7.91. The van der Waals surface area contributed by atoms with E-state index < -0.39 is 21.9 Å². The number of halogens is 1. The second kappa shape index (κ2) is 7.37. The van der Waals surface area contributed by atoms with Crippen LogP contribution in [-0.4, -0.2) is 50.4 Å². The smallest absolute Gasteiger partial charge is 0.262 e. The van der Waals surface area contributed by atoms with Gasteiger partial charge >= 0.3 is 0 Å². The Morgan fingerprint density at radius 1 is 1.38 bits per heavy atom. The van der Waals surface area contributed by atoms with Crippen molar-refractivity contribution >= 4 is 33.9 Å². The molecule has 1 fully saturated rings. The molecule has 0 unspecified atom stereocenters.